The van der Waals surface area contributed by atoms with Crippen LogP contribution in [0.3, 0.4) is 0 Å². The molecule has 68 valence electrons. The minimum absolute atomic E-state index is 0.223. The summed E-state index contributed by atoms with van der Waals surface area (Å²) in [6.07, 6.45) is 0. The monoisotopic (exact) mass is 180 g/mol. The number of hydrogen-bond acceptors (Lipinski definition) is 2. The molecule has 2 rings (SSSR count). The van der Waals surface area contributed by atoms with Crippen LogP contribution in [0.15, 0.2) is 18.2 Å². The maximum atomic E-state index is 13.2. The van der Waals surface area contributed by atoms with E-state index in [0.717, 1.165) is 0 Å². The molecule has 13 heavy (non-hydrogen) atoms. The molecule has 1 amide bonds. The van der Waals surface area contributed by atoms with E-state index in [1.807, 2.05) is 0 Å². The number of fused-ring (bicyclic) bond motifs is 1. The second-order valence-corrected chi connectivity index (χ2v) is 2.85. The SMILES string of the molecule is O=C1NCCNc2c(F)cccc21. The van der Waals surface area contributed by atoms with Crippen molar-refractivity contribution in [3.05, 3.63) is 29.6 Å². The van der Waals surface area contributed by atoms with E-state index in [4.69, 9.17) is 0 Å². The normalized spacial score (nSPS) is 15.3. The maximum Gasteiger partial charge on any atom is 0.253 e. The van der Waals surface area contributed by atoms with Crippen LogP contribution >= 0.6 is 0 Å². The average molecular weight is 180 g/mol. The molecule has 0 spiro atoms. The molecule has 1 heterocycles. The zero-order valence-corrected chi connectivity index (χ0v) is 6.93. The van der Waals surface area contributed by atoms with E-state index < -0.39 is 0 Å². The predicted molar refractivity (Wildman–Crippen MR) is 47.2 cm³/mol. The van der Waals surface area contributed by atoms with Gasteiger partial charge in [0.25, 0.3) is 5.91 Å². The van der Waals surface area contributed by atoms with Crippen LogP contribution in [0.25, 0.3) is 0 Å². The molecule has 4 heteroatoms. The summed E-state index contributed by atoms with van der Waals surface area (Å²) in [5.41, 5.74) is 0.676. The van der Waals surface area contributed by atoms with E-state index in [9.17, 15) is 9.18 Å². The smallest absolute Gasteiger partial charge is 0.253 e. The van der Waals surface area contributed by atoms with Crippen LogP contribution in [0.2, 0.25) is 0 Å². The molecule has 3 nitrogen and oxygen atoms in total. The number of carbonyl (C=O) groups excluding carboxylic acids is 1. The topological polar surface area (TPSA) is 41.1 Å². The van der Waals surface area contributed by atoms with E-state index in [1.165, 1.54) is 12.1 Å². The highest BCUT2D eigenvalue weighted by molar-refractivity contribution is 6.00. The Kier molecular flexibility index (Phi) is 1.88. The quantitative estimate of drug-likeness (QED) is 0.625. The van der Waals surface area contributed by atoms with Crippen molar-refractivity contribution in [2.24, 2.45) is 0 Å². The van der Waals surface area contributed by atoms with Gasteiger partial charge in [0.15, 0.2) is 0 Å². The van der Waals surface area contributed by atoms with Gasteiger partial charge in [-0.3, -0.25) is 4.79 Å². The summed E-state index contributed by atoms with van der Waals surface area (Å²) in [4.78, 5) is 11.3. The van der Waals surface area contributed by atoms with Crippen LogP contribution in [0.4, 0.5) is 10.1 Å². The van der Waals surface area contributed by atoms with Crippen molar-refractivity contribution in [2.45, 2.75) is 0 Å². The molecule has 2 N–H and O–H groups in total. The molecule has 0 aliphatic carbocycles. The zero-order valence-electron chi connectivity index (χ0n) is 6.93. The van der Waals surface area contributed by atoms with Gasteiger partial charge in [0.05, 0.1) is 11.3 Å². The first-order chi connectivity index (χ1) is 6.29. The molecule has 1 aromatic carbocycles. The van der Waals surface area contributed by atoms with Gasteiger partial charge >= 0.3 is 0 Å². The number of para-hydroxylation sites is 1. The fourth-order valence-corrected chi connectivity index (χ4v) is 1.35. The lowest BCUT2D eigenvalue weighted by Crippen LogP contribution is -2.24. The molecule has 0 bridgehead atoms. The summed E-state index contributed by atoms with van der Waals surface area (Å²) in [7, 11) is 0. The van der Waals surface area contributed by atoms with Crippen molar-refractivity contribution >= 4 is 11.6 Å². The molecule has 0 saturated carbocycles. The van der Waals surface area contributed by atoms with Crippen molar-refractivity contribution in [1.29, 1.82) is 0 Å². The highest BCUT2D eigenvalue weighted by Crippen LogP contribution is 2.20. The van der Waals surface area contributed by atoms with Gasteiger partial charge in [-0.25, -0.2) is 4.39 Å². The Balaban J connectivity index is 2.54. The third kappa shape index (κ3) is 1.35. The molecule has 1 aliphatic rings. The summed E-state index contributed by atoms with van der Waals surface area (Å²) in [5.74, 6) is -0.603. The van der Waals surface area contributed by atoms with Gasteiger partial charge in [-0.1, -0.05) is 6.07 Å². The first-order valence-corrected chi connectivity index (χ1v) is 4.09. The van der Waals surface area contributed by atoms with Crippen LogP contribution in [0.1, 0.15) is 10.4 Å². The van der Waals surface area contributed by atoms with E-state index in [2.05, 4.69) is 10.6 Å². The number of anilines is 1. The standard InChI is InChI=1S/C9H9FN2O/c10-7-3-1-2-6-8(7)11-4-5-12-9(6)13/h1-3,11H,4-5H2,(H,12,13). The number of benzene rings is 1. The fraction of sp³-hybridized carbons (Fsp3) is 0.222. The lowest BCUT2D eigenvalue weighted by molar-refractivity contribution is 0.0957. The lowest BCUT2D eigenvalue weighted by Gasteiger charge is -2.05. The van der Waals surface area contributed by atoms with E-state index in [0.29, 0.717) is 24.3 Å². The minimum atomic E-state index is -0.380. The minimum Gasteiger partial charge on any atom is -0.380 e. The lowest BCUT2D eigenvalue weighted by atomic mass is 10.1. The van der Waals surface area contributed by atoms with Gasteiger partial charge in [0.1, 0.15) is 5.82 Å². The zero-order chi connectivity index (χ0) is 9.26. The summed E-state index contributed by atoms with van der Waals surface area (Å²) in [6, 6.07) is 4.47. The summed E-state index contributed by atoms with van der Waals surface area (Å²) >= 11 is 0. The molecular weight excluding hydrogens is 171 g/mol. The van der Waals surface area contributed by atoms with Crippen molar-refractivity contribution in [3.8, 4) is 0 Å². The molecule has 0 unspecified atom stereocenters. The maximum absolute atomic E-state index is 13.2. The third-order valence-corrected chi connectivity index (χ3v) is 1.97. The van der Waals surface area contributed by atoms with Gasteiger partial charge in [-0.05, 0) is 12.1 Å². The number of rotatable bonds is 0. The first kappa shape index (κ1) is 8.04. The van der Waals surface area contributed by atoms with Gasteiger partial charge in [-0.2, -0.15) is 0 Å². The van der Waals surface area contributed by atoms with Crippen LogP contribution < -0.4 is 10.6 Å². The second kappa shape index (κ2) is 3.05. The number of halogens is 1. The molecule has 0 aromatic heterocycles. The largest absolute Gasteiger partial charge is 0.380 e. The molecule has 1 aliphatic heterocycles. The Labute approximate surface area is 74.9 Å². The van der Waals surface area contributed by atoms with Crippen molar-refractivity contribution in [3.63, 3.8) is 0 Å². The molecule has 0 atom stereocenters. The highest BCUT2D eigenvalue weighted by atomic mass is 19.1. The average Bonchev–Trinajstić information content (AvgIpc) is 2.30. The molecule has 1 aromatic rings. The van der Waals surface area contributed by atoms with Crippen molar-refractivity contribution in [2.75, 3.05) is 18.4 Å². The Morgan fingerprint density at radius 3 is 2.85 bits per heavy atom. The van der Waals surface area contributed by atoms with E-state index in [-0.39, 0.29) is 11.7 Å². The Morgan fingerprint density at radius 2 is 2.00 bits per heavy atom. The predicted octanol–water partition coefficient (Wildman–Crippen LogP) is 0.981. The van der Waals surface area contributed by atoms with Gasteiger partial charge < -0.3 is 10.6 Å². The van der Waals surface area contributed by atoms with Gasteiger partial charge in [0, 0.05) is 13.1 Å². The van der Waals surface area contributed by atoms with E-state index >= 15 is 0 Å². The highest BCUT2D eigenvalue weighted by Gasteiger charge is 2.16. The van der Waals surface area contributed by atoms with E-state index in [1.54, 1.807) is 6.07 Å². The molecular formula is C9H9FN2O. The van der Waals surface area contributed by atoms with Crippen LogP contribution in [-0.2, 0) is 0 Å². The van der Waals surface area contributed by atoms with Crippen LogP contribution in [0, 0.1) is 5.82 Å². The Morgan fingerprint density at radius 1 is 1.23 bits per heavy atom. The Hall–Kier alpha value is -1.58. The van der Waals surface area contributed by atoms with Gasteiger partial charge in [-0.15, -0.1) is 0 Å². The number of nitrogens with one attached hydrogen (secondary N) is 2. The number of amides is 1. The Bertz CT molecular complexity index is 351. The van der Waals surface area contributed by atoms with Crippen LogP contribution in [-0.4, -0.2) is 19.0 Å². The second-order valence-electron chi connectivity index (χ2n) is 2.85. The van der Waals surface area contributed by atoms with Crippen molar-refractivity contribution in [1.82, 2.24) is 5.32 Å². The summed E-state index contributed by atoms with van der Waals surface area (Å²) in [5, 5.41) is 5.53. The molecule has 0 radical (unpaired) electrons. The van der Waals surface area contributed by atoms with Crippen LogP contribution in [0.5, 0.6) is 0 Å². The first-order valence-electron chi connectivity index (χ1n) is 4.09. The summed E-state index contributed by atoms with van der Waals surface area (Å²) in [6.45, 7) is 1.08. The van der Waals surface area contributed by atoms with Crippen molar-refractivity contribution < 1.29 is 9.18 Å². The molecule has 0 saturated heterocycles. The fourth-order valence-electron chi connectivity index (χ4n) is 1.35. The number of hydrogen-bond donors (Lipinski definition) is 2. The third-order valence-electron chi connectivity index (χ3n) is 1.97. The number of carbonyl (C=O) groups is 1. The molecule has 0 fully saturated rings. The van der Waals surface area contributed by atoms with Gasteiger partial charge in [0.2, 0.25) is 0 Å². The summed E-state index contributed by atoms with van der Waals surface area (Å²) < 4.78 is 13.2.